The van der Waals surface area contributed by atoms with E-state index in [1.165, 1.54) is 0 Å². The van der Waals surface area contributed by atoms with E-state index in [0.717, 1.165) is 17.7 Å². The summed E-state index contributed by atoms with van der Waals surface area (Å²) in [6.07, 6.45) is 1.83. The highest BCUT2D eigenvalue weighted by molar-refractivity contribution is 5.96. The van der Waals surface area contributed by atoms with Crippen LogP contribution < -0.4 is 10.6 Å². The van der Waals surface area contributed by atoms with E-state index in [1.54, 1.807) is 24.3 Å². The Hall–Kier alpha value is -2.02. The molecule has 1 aromatic rings. The number of amides is 2. The number of alkyl halides is 2. The van der Waals surface area contributed by atoms with Gasteiger partial charge in [0.2, 0.25) is 5.91 Å². The molecular formula is C16H19F2N3O2. The fourth-order valence-corrected chi connectivity index (χ4v) is 2.54. The summed E-state index contributed by atoms with van der Waals surface area (Å²) in [5, 5.41) is 5.41. The van der Waals surface area contributed by atoms with E-state index in [1.807, 2.05) is 0 Å². The predicted molar refractivity (Wildman–Crippen MR) is 81.5 cm³/mol. The first-order valence-electron chi connectivity index (χ1n) is 7.73. The minimum Gasteiger partial charge on any atom is -0.331 e. The van der Waals surface area contributed by atoms with E-state index in [4.69, 9.17) is 0 Å². The highest BCUT2D eigenvalue weighted by Gasteiger charge is 2.35. The predicted octanol–water partition coefficient (Wildman–Crippen LogP) is 1.72. The summed E-state index contributed by atoms with van der Waals surface area (Å²) >= 11 is 0. The van der Waals surface area contributed by atoms with Crippen molar-refractivity contribution in [3.05, 3.63) is 29.8 Å². The van der Waals surface area contributed by atoms with Crippen molar-refractivity contribution in [2.24, 2.45) is 5.92 Å². The van der Waals surface area contributed by atoms with Crippen LogP contribution in [0.3, 0.4) is 0 Å². The lowest BCUT2D eigenvalue weighted by Crippen LogP contribution is -2.41. The average molecular weight is 323 g/mol. The molecule has 2 amide bonds. The summed E-state index contributed by atoms with van der Waals surface area (Å²) in [5.74, 6) is -3.26. The molecule has 7 heteroatoms. The molecule has 0 aromatic heterocycles. The van der Waals surface area contributed by atoms with Crippen LogP contribution in [0, 0.1) is 5.92 Å². The topological polar surface area (TPSA) is 61.4 Å². The minimum absolute atomic E-state index is 0.0117. The lowest BCUT2D eigenvalue weighted by Gasteiger charge is -2.23. The maximum atomic E-state index is 13.6. The van der Waals surface area contributed by atoms with Crippen molar-refractivity contribution < 1.29 is 18.4 Å². The number of carbonyl (C=O) groups is 2. The number of anilines is 1. The Bertz CT molecular complexity index is 600. The number of nitrogens with one attached hydrogen (secondary N) is 2. The quantitative estimate of drug-likeness (QED) is 0.890. The molecule has 1 aliphatic carbocycles. The average Bonchev–Trinajstić information content (AvgIpc) is 3.35. The third-order valence-corrected chi connectivity index (χ3v) is 4.00. The van der Waals surface area contributed by atoms with Crippen molar-refractivity contribution in [1.29, 1.82) is 0 Å². The first kappa shape index (κ1) is 15.9. The molecule has 124 valence electrons. The molecule has 2 N–H and O–H groups in total. The second-order valence-electron chi connectivity index (χ2n) is 6.10. The van der Waals surface area contributed by atoms with Crippen molar-refractivity contribution in [2.75, 3.05) is 31.5 Å². The Morgan fingerprint density at radius 2 is 1.91 bits per heavy atom. The number of hydrogen-bond acceptors (Lipinski definition) is 3. The van der Waals surface area contributed by atoms with Crippen LogP contribution in [0.2, 0.25) is 0 Å². The summed E-state index contributed by atoms with van der Waals surface area (Å²) < 4.78 is 27.2. The van der Waals surface area contributed by atoms with Gasteiger partial charge in [0.05, 0.1) is 13.1 Å². The standard InChI is InChI=1S/C16H19F2N3O2/c17-16(18)9-19-7-8-21(10-16)15(23)12-3-5-13(6-4-12)20-14(22)11-1-2-11/h3-6,11,19H,1-2,7-10H2,(H,20,22). The largest absolute Gasteiger partial charge is 0.331 e. The summed E-state index contributed by atoms with van der Waals surface area (Å²) in [4.78, 5) is 25.2. The van der Waals surface area contributed by atoms with Gasteiger partial charge in [-0.3, -0.25) is 9.59 Å². The van der Waals surface area contributed by atoms with Crippen LogP contribution in [0.5, 0.6) is 0 Å². The number of halogens is 2. The van der Waals surface area contributed by atoms with Gasteiger partial charge in [-0.05, 0) is 37.1 Å². The van der Waals surface area contributed by atoms with Gasteiger partial charge in [-0.25, -0.2) is 8.78 Å². The van der Waals surface area contributed by atoms with E-state index in [-0.39, 0.29) is 18.4 Å². The number of carbonyl (C=O) groups excluding carboxylic acids is 2. The molecule has 2 fully saturated rings. The van der Waals surface area contributed by atoms with E-state index < -0.39 is 24.9 Å². The number of hydrogen-bond donors (Lipinski definition) is 2. The third kappa shape index (κ3) is 4.04. The Labute approximate surface area is 133 Å². The van der Waals surface area contributed by atoms with Crippen molar-refractivity contribution >= 4 is 17.5 Å². The van der Waals surface area contributed by atoms with Gasteiger partial charge < -0.3 is 15.5 Å². The zero-order valence-electron chi connectivity index (χ0n) is 12.6. The smallest absolute Gasteiger partial charge is 0.277 e. The molecule has 0 unspecified atom stereocenters. The van der Waals surface area contributed by atoms with E-state index in [2.05, 4.69) is 10.6 Å². The first-order chi connectivity index (χ1) is 10.9. The van der Waals surface area contributed by atoms with Crippen molar-refractivity contribution in [3.63, 3.8) is 0 Å². The van der Waals surface area contributed by atoms with Crippen molar-refractivity contribution in [1.82, 2.24) is 10.2 Å². The molecule has 0 spiro atoms. The van der Waals surface area contributed by atoms with Crippen LogP contribution in [0.15, 0.2) is 24.3 Å². The molecule has 0 bridgehead atoms. The number of rotatable bonds is 3. The lowest BCUT2D eigenvalue weighted by atomic mass is 10.1. The molecule has 1 saturated carbocycles. The first-order valence-corrected chi connectivity index (χ1v) is 7.73. The fourth-order valence-electron chi connectivity index (χ4n) is 2.54. The number of benzene rings is 1. The fraction of sp³-hybridized carbons (Fsp3) is 0.500. The third-order valence-electron chi connectivity index (χ3n) is 4.00. The highest BCUT2D eigenvalue weighted by Crippen LogP contribution is 2.30. The van der Waals surface area contributed by atoms with Crippen LogP contribution in [0.4, 0.5) is 14.5 Å². The maximum absolute atomic E-state index is 13.6. The molecule has 1 saturated heterocycles. The van der Waals surface area contributed by atoms with Gasteiger partial charge in [0.15, 0.2) is 0 Å². The summed E-state index contributed by atoms with van der Waals surface area (Å²) in [5.41, 5.74) is 0.952. The zero-order valence-corrected chi connectivity index (χ0v) is 12.6. The Morgan fingerprint density at radius 3 is 2.57 bits per heavy atom. The van der Waals surface area contributed by atoms with Gasteiger partial charge in [0.25, 0.3) is 11.8 Å². The summed E-state index contributed by atoms with van der Waals surface area (Å²) in [6, 6.07) is 6.37. The van der Waals surface area contributed by atoms with Crippen LogP contribution in [0.25, 0.3) is 0 Å². The van der Waals surface area contributed by atoms with Gasteiger partial charge >= 0.3 is 0 Å². The molecule has 0 atom stereocenters. The van der Waals surface area contributed by atoms with Crippen LogP contribution in [0.1, 0.15) is 23.2 Å². The van der Waals surface area contributed by atoms with E-state index >= 15 is 0 Å². The molecule has 2 aliphatic rings. The van der Waals surface area contributed by atoms with Gasteiger partial charge in [0.1, 0.15) is 0 Å². The van der Waals surface area contributed by atoms with E-state index in [0.29, 0.717) is 17.8 Å². The van der Waals surface area contributed by atoms with Gasteiger partial charge in [-0.15, -0.1) is 0 Å². The molecule has 5 nitrogen and oxygen atoms in total. The Kier molecular flexibility index (Phi) is 4.30. The Morgan fingerprint density at radius 1 is 1.22 bits per heavy atom. The lowest BCUT2D eigenvalue weighted by molar-refractivity contribution is -0.117. The molecule has 3 rings (SSSR count). The second kappa shape index (κ2) is 6.23. The van der Waals surface area contributed by atoms with Crippen molar-refractivity contribution in [2.45, 2.75) is 18.8 Å². The maximum Gasteiger partial charge on any atom is 0.277 e. The van der Waals surface area contributed by atoms with Gasteiger partial charge in [0, 0.05) is 30.3 Å². The summed E-state index contributed by atoms with van der Waals surface area (Å²) in [6.45, 7) is -0.409. The minimum atomic E-state index is -2.93. The van der Waals surface area contributed by atoms with Gasteiger partial charge in [-0.2, -0.15) is 0 Å². The summed E-state index contributed by atoms with van der Waals surface area (Å²) in [7, 11) is 0. The molecule has 1 aliphatic heterocycles. The molecular weight excluding hydrogens is 304 g/mol. The monoisotopic (exact) mass is 323 g/mol. The highest BCUT2D eigenvalue weighted by atomic mass is 19.3. The second-order valence-corrected chi connectivity index (χ2v) is 6.10. The SMILES string of the molecule is O=C(Nc1ccc(C(=O)N2CCNCC(F)(F)C2)cc1)C1CC1. The molecule has 1 heterocycles. The van der Waals surface area contributed by atoms with Crippen LogP contribution in [-0.2, 0) is 4.79 Å². The number of nitrogens with zero attached hydrogens (tertiary/aromatic N) is 1. The van der Waals surface area contributed by atoms with Crippen LogP contribution >= 0.6 is 0 Å². The molecule has 0 radical (unpaired) electrons. The normalized spacial score (nSPS) is 20.7. The zero-order chi connectivity index (χ0) is 16.4. The van der Waals surface area contributed by atoms with Crippen LogP contribution in [-0.4, -0.2) is 48.8 Å². The van der Waals surface area contributed by atoms with Gasteiger partial charge in [-0.1, -0.05) is 0 Å². The van der Waals surface area contributed by atoms with E-state index in [9.17, 15) is 18.4 Å². The molecule has 23 heavy (non-hydrogen) atoms. The molecule has 1 aromatic carbocycles. The Balaban J connectivity index is 1.65. The van der Waals surface area contributed by atoms with Crippen molar-refractivity contribution in [3.8, 4) is 0 Å².